The van der Waals surface area contributed by atoms with Crippen LogP contribution in [0.15, 0.2) is 22.7 Å². The molecule has 0 unspecified atom stereocenters. The van der Waals surface area contributed by atoms with E-state index in [1.165, 1.54) is 0 Å². The maximum absolute atomic E-state index is 5.54. The lowest BCUT2D eigenvalue weighted by Crippen LogP contribution is -1.84. The lowest BCUT2D eigenvalue weighted by molar-refractivity contribution is 0.394. The van der Waals surface area contributed by atoms with E-state index in [9.17, 15) is 0 Å². The third-order valence-corrected chi connectivity index (χ3v) is 1.71. The number of nitrogen functional groups attached to an aromatic ring is 1. The van der Waals surface area contributed by atoms with Crippen LogP contribution < -0.4 is 10.5 Å². The van der Waals surface area contributed by atoms with Gasteiger partial charge in [0.25, 0.3) is 0 Å². The maximum atomic E-state index is 5.54. The van der Waals surface area contributed by atoms with Crippen molar-refractivity contribution in [2.24, 2.45) is 0 Å². The van der Waals surface area contributed by atoms with E-state index in [0.717, 1.165) is 5.39 Å². The van der Waals surface area contributed by atoms with Gasteiger partial charge in [-0.1, -0.05) is 11.2 Å². The Balaban J connectivity index is 2.81. The summed E-state index contributed by atoms with van der Waals surface area (Å²) in [5, 5.41) is 4.41. The minimum Gasteiger partial charge on any atom is -0.493 e. The minimum atomic E-state index is 0.393. The van der Waals surface area contributed by atoms with Crippen LogP contribution in [0.4, 0.5) is 5.82 Å². The molecule has 0 saturated heterocycles. The van der Waals surface area contributed by atoms with Crippen molar-refractivity contribution >= 4 is 16.8 Å². The first-order valence-corrected chi connectivity index (χ1v) is 3.51. The molecule has 0 atom stereocenters. The third-order valence-electron chi connectivity index (χ3n) is 1.71. The number of aromatic nitrogens is 1. The Labute approximate surface area is 68.9 Å². The SMILES string of the molecule is COc1cccc2c(N)noc12. The van der Waals surface area contributed by atoms with Gasteiger partial charge < -0.3 is 15.0 Å². The van der Waals surface area contributed by atoms with E-state index in [4.69, 9.17) is 15.0 Å². The summed E-state index contributed by atoms with van der Waals surface area (Å²) in [5.74, 6) is 1.04. The summed E-state index contributed by atoms with van der Waals surface area (Å²) in [6.07, 6.45) is 0. The summed E-state index contributed by atoms with van der Waals surface area (Å²) in [7, 11) is 1.58. The second-order valence-electron chi connectivity index (χ2n) is 2.40. The molecule has 1 aromatic heterocycles. The Hall–Kier alpha value is -1.71. The quantitative estimate of drug-likeness (QED) is 0.692. The van der Waals surface area contributed by atoms with Gasteiger partial charge in [0.15, 0.2) is 11.6 Å². The number of para-hydroxylation sites is 1. The van der Waals surface area contributed by atoms with Crippen molar-refractivity contribution in [3.63, 3.8) is 0 Å². The van der Waals surface area contributed by atoms with Crippen LogP contribution in [0.2, 0.25) is 0 Å². The van der Waals surface area contributed by atoms with Gasteiger partial charge in [0.1, 0.15) is 0 Å². The molecule has 0 fully saturated rings. The molecule has 1 heterocycles. The van der Waals surface area contributed by atoms with Crippen molar-refractivity contribution in [1.29, 1.82) is 0 Å². The molecule has 0 bridgehead atoms. The zero-order valence-corrected chi connectivity index (χ0v) is 6.57. The van der Waals surface area contributed by atoms with Crippen molar-refractivity contribution in [1.82, 2.24) is 5.16 Å². The predicted octanol–water partition coefficient (Wildman–Crippen LogP) is 1.42. The molecule has 0 aliphatic rings. The van der Waals surface area contributed by atoms with Gasteiger partial charge in [-0.25, -0.2) is 0 Å². The van der Waals surface area contributed by atoms with E-state index in [1.54, 1.807) is 13.2 Å². The fourth-order valence-electron chi connectivity index (χ4n) is 1.12. The minimum absolute atomic E-state index is 0.393. The lowest BCUT2D eigenvalue weighted by Gasteiger charge is -1.96. The molecule has 0 aliphatic heterocycles. The van der Waals surface area contributed by atoms with Crippen LogP contribution >= 0.6 is 0 Å². The first-order valence-electron chi connectivity index (χ1n) is 3.51. The van der Waals surface area contributed by atoms with Crippen LogP contribution in [0, 0.1) is 0 Å². The standard InChI is InChI=1S/C8H8N2O2/c1-11-6-4-2-3-5-7(6)12-10-8(5)9/h2-4H,1H3,(H2,9,10). The largest absolute Gasteiger partial charge is 0.493 e. The number of benzene rings is 1. The first kappa shape index (κ1) is 6.97. The van der Waals surface area contributed by atoms with Crippen molar-refractivity contribution in [3.8, 4) is 5.75 Å². The molecule has 2 N–H and O–H groups in total. The van der Waals surface area contributed by atoms with Crippen molar-refractivity contribution < 1.29 is 9.26 Å². The number of nitrogens with zero attached hydrogens (tertiary/aromatic N) is 1. The molecule has 2 aromatic rings. The van der Waals surface area contributed by atoms with E-state index in [-0.39, 0.29) is 0 Å². The Kier molecular flexibility index (Phi) is 1.40. The van der Waals surface area contributed by atoms with E-state index in [1.807, 2.05) is 12.1 Å². The van der Waals surface area contributed by atoms with Gasteiger partial charge in [-0.2, -0.15) is 0 Å². The van der Waals surface area contributed by atoms with Gasteiger partial charge in [-0.15, -0.1) is 0 Å². The molecule has 0 amide bonds. The summed E-state index contributed by atoms with van der Waals surface area (Å²) in [4.78, 5) is 0. The number of rotatable bonds is 1. The number of hydrogen-bond donors (Lipinski definition) is 1. The Bertz CT molecular complexity index is 408. The second kappa shape index (κ2) is 2.41. The van der Waals surface area contributed by atoms with Gasteiger partial charge in [0.2, 0.25) is 5.58 Å². The molecule has 12 heavy (non-hydrogen) atoms. The molecule has 0 spiro atoms. The Morgan fingerprint density at radius 1 is 1.50 bits per heavy atom. The highest BCUT2D eigenvalue weighted by atomic mass is 16.5. The van der Waals surface area contributed by atoms with Gasteiger partial charge in [-0.05, 0) is 12.1 Å². The molecule has 0 radical (unpaired) electrons. The summed E-state index contributed by atoms with van der Waals surface area (Å²) < 4.78 is 10.0. The number of hydrogen-bond acceptors (Lipinski definition) is 4. The summed E-state index contributed by atoms with van der Waals surface area (Å²) in [6, 6.07) is 5.48. The highest BCUT2D eigenvalue weighted by molar-refractivity contribution is 5.90. The average Bonchev–Trinajstić information content (AvgIpc) is 2.48. The highest BCUT2D eigenvalue weighted by Gasteiger charge is 2.08. The van der Waals surface area contributed by atoms with E-state index in [0.29, 0.717) is 17.2 Å². The van der Waals surface area contributed by atoms with E-state index in [2.05, 4.69) is 5.16 Å². The van der Waals surface area contributed by atoms with Crippen LogP contribution in [-0.2, 0) is 0 Å². The number of methoxy groups -OCH3 is 1. The van der Waals surface area contributed by atoms with Crippen LogP contribution in [0.3, 0.4) is 0 Å². The molecule has 2 rings (SSSR count). The molecule has 1 aromatic carbocycles. The lowest BCUT2D eigenvalue weighted by atomic mass is 10.2. The molecule has 0 aliphatic carbocycles. The van der Waals surface area contributed by atoms with E-state index >= 15 is 0 Å². The number of anilines is 1. The zero-order chi connectivity index (χ0) is 8.55. The van der Waals surface area contributed by atoms with Crippen molar-refractivity contribution in [3.05, 3.63) is 18.2 Å². The predicted molar refractivity (Wildman–Crippen MR) is 45.0 cm³/mol. The second-order valence-corrected chi connectivity index (χ2v) is 2.40. The van der Waals surface area contributed by atoms with Crippen molar-refractivity contribution in [2.75, 3.05) is 12.8 Å². The fourth-order valence-corrected chi connectivity index (χ4v) is 1.12. The zero-order valence-electron chi connectivity index (χ0n) is 6.57. The smallest absolute Gasteiger partial charge is 0.210 e. The normalized spacial score (nSPS) is 10.4. The highest BCUT2D eigenvalue weighted by Crippen LogP contribution is 2.28. The Morgan fingerprint density at radius 3 is 3.08 bits per heavy atom. The summed E-state index contributed by atoms with van der Waals surface area (Å²) in [6.45, 7) is 0. The molecule has 4 heteroatoms. The summed E-state index contributed by atoms with van der Waals surface area (Å²) in [5.41, 5.74) is 6.13. The molecule has 0 saturated carbocycles. The topological polar surface area (TPSA) is 61.3 Å². The number of nitrogens with two attached hydrogens (primary N) is 1. The van der Waals surface area contributed by atoms with Gasteiger partial charge >= 0.3 is 0 Å². The van der Waals surface area contributed by atoms with Crippen LogP contribution in [0.5, 0.6) is 5.75 Å². The summed E-state index contributed by atoms with van der Waals surface area (Å²) >= 11 is 0. The molecular formula is C8H8N2O2. The molecule has 62 valence electrons. The molecule has 4 nitrogen and oxygen atoms in total. The van der Waals surface area contributed by atoms with Crippen LogP contribution in [0.1, 0.15) is 0 Å². The third kappa shape index (κ3) is 0.812. The van der Waals surface area contributed by atoms with E-state index < -0.39 is 0 Å². The fraction of sp³-hybridized carbons (Fsp3) is 0.125. The van der Waals surface area contributed by atoms with Crippen LogP contribution in [-0.4, -0.2) is 12.3 Å². The number of fused-ring (bicyclic) bond motifs is 1. The maximum Gasteiger partial charge on any atom is 0.210 e. The molecular weight excluding hydrogens is 156 g/mol. The number of ether oxygens (including phenoxy) is 1. The average molecular weight is 164 g/mol. The van der Waals surface area contributed by atoms with Crippen LogP contribution in [0.25, 0.3) is 11.0 Å². The monoisotopic (exact) mass is 164 g/mol. The van der Waals surface area contributed by atoms with Gasteiger partial charge in [0, 0.05) is 0 Å². The van der Waals surface area contributed by atoms with Crippen molar-refractivity contribution in [2.45, 2.75) is 0 Å². The first-order chi connectivity index (χ1) is 5.83. The Morgan fingerprint density at radius 2 is 2.33 bits per heavy atom. The van der Waals surface area contributed by atoms with Gasteiger partial charge in [-0.3, -0.25) is 0 Å². The van der Waals surface area contributed by atoms with Gasteiger partial charge in [0.05, 0.1) is 12.5 Å².